The average Bonchev–Trinajstić information content (AvgIpc) is 3.14. The Hall–Kier alpha value is -3.16. The molecule has 0 aliphatic heterocycles. The van der Waals surface area contributed by atoms with Crippen LogP contribution in [0.25, 0.3) is 28.6 Å². The lowest BCUT2D eigenvalue weighted by Gasteiger charge is -1.93. The summed E-state index contributed by atoms with van der Waals surface area (Å²) in [7, 11) is 0. The number of nitrogens with zero attached hydrogens (tertiary/aromatic N) is 7. The van der Waals surface area contributed by atoms with Crippen LogP contribution >= 0.6 is 0 Å². The highest BCUT2D eigenvalue weighted by Crippen LogP contribution is 2.21. The van der Waals surface area contributed by atoms with E-state index in [4.69, 9.17) is 0 Å². The van der Waals surface area contributed by atoms with Crippen LogP contribution < -0.4 is 0 Å². The van der Waals surface area contributed by atoms with Gasteiger partial charge in [0.25, 0.3) is 0 Å². The van der Waals surface area contributed by atoms with Crippen molar-refractivity contribution in [2.24, 2.45) is 0 Å². The molecule has 0 amide bonds. The van der Waals surface area contributed by atoms with Crippen LogP contribution in [-0.4, -0.2) is 39.7 Å². The molecule has 0 spiro atoms. The molecule has 20 heavy (non-hydrogen) atoms. The molecule has 0 fully saturated rings. The van der Waals surface area contributed by atoms with Crippen LogP contribution in [0.15, 0.2) is 43.2 Å². The van der Waals surface area contributed by atoms with E-state index in [2.05, 4.69) is 35.2 Å². The largest absolute Gasteiger partial charge is 0.319 e. The van der Waals surface area contributed by atoms with Crippen LogP contribution in [0.5, 0.6) is 0 Å². The van der Waals surface area contributed by atoms with Crippen molar-refractivity contribution in [2.45, 2.75) is 0 Å². The van der Waals surface area contributed by atoms with Gasteiger partial charge in [0, 0.05) is 24.8 Å². The van der Waals surface area contributed by atoms with Gasteiger partial charge in [0.2, 0.25) is 0 Å². The molecule has 0 aromatic carbocycles. The van der Waals surface area contributed by atoms with Crippen LogP contribution in [0.4, 0.5) is 0 Å². The Morgan fingerprint density at radius 3 is 2.80 bits per heavy atom. The van der Waals surface area contributed by atoms with E-state index >= 15 is 0 Å². The minimum Gasteiger partial charge on any atom is -0.319 e. The number of fused-ring (bicyclic) bond motifs is 1. The van der Waals surface area contributed by atoms with E-state index in [0.717, 1.165) is 5.56 Å². The summed E-state index contributed by atoms with van der Waals surface area (Å²) >= 11 is 0. The summed E-state index contributed by atoms with van der Waals surface area (Å²) in [6.45, 7) is 0. The monoisotopic (exact) mass is 264 g/mol. The van der Waals surface area contributed by atoms with Crippen LogP contribution in [0.2, 0.25) is 0 Å². The molecular formula is C12H8N8. The Morgan fingerprint density at radius 1 is 0.950 bits per heavy atom. The number of aromatic amines is 1. The number of nitrogens with one attached hydrogen (secondary N) is 1. The molecular weight excluding hydrogens is 256 g/mol. The lowest BCUT2D eigenvalue weighted by molar-refractivity contribution is 0.939. The minimum absolute atomic E-state index is 0.559. The maximum Gasteiger partial charge on any atom is 0.181 e. The van der Waals surface area contributed by atoms with Gasteiger partial charge in [-0.05, 0) is 6.07 Å². The Labute approximate surface area is 112 Å². The van der Waals surface area contributed by atoms with Crippen LogP contribution in [0.3, 0.4) is 0 Å². The van der Waals surface area contributed by atoms with Crippen molar-refractivity contribution in [3.05, 3.63) is 43.2 Å². The number of aromatic nitrogens is 8. The second-order valence-corrected chi connectivity index (χ2v) is 4.06. The van der Waals surface area contributed by atoms with Gasteiger partial charge in [0.1, 0.15) is 5.69 Å². The molecule has 0 aliphatic rings. The molecule has 4 heterocycles. The van der Waals surface area contributed by atoms with Gasteiger partial charge in [-0.15, -0.1) is 10.2 Å². The first kappa shape index (κ1) is 10.7. The standard InChI is InChI=1S/C12H8N8/c1-2-15-12-8(6-16-20(12)5-1)10-17-11(19-18-10)9-7-13-3-4-14-9/h1-7H,(H,17,18,19). The van der Waals surface area contributed by atoms with Crippen molar-refractivity contribution in [3.63, 3.8) is 0 Å². The fourth-order valence-electron chi connectivity index (χ4n) is 1.91. The Bertz CT molecular complexity index is 863. The van der Waals surface area contributed by atoms with Gasteiger partial charge in [-0.3, -0.25) is 4.98 Å². The first-order valence-corrected chi connectivity index (χ1v) is 5.89. The molecule has 0 saturated carbocycles. The Morgan fingerprint density at radius 2 is 1.90 bits per heavy atom. The van der Waals surface area contributed by atoms with E-state index in [1.54, 1.807) is 35.5 Å². The predicted molar refractivity (Wildman–Crippen MR) is 69.4 cm³/mol. The zero-order chi connectivity index (χ0) is 13.4. The smallest absolute Gasteiger partial charge is 0.181 e. The lowest BCUT2D eigenvalue weighted by atomic mass is 10.3. The minimum atomic E-state index is 0.559. The maximum absolute atomic E-state index is 4.28. The molecule has 0 bridgehead atoms. The van der Waals surface area contributed by atoms with Crippen molar-refractivity contribution in [1.82, 2.24) is 39.7 Å². The highest BCUT2D eigenvalue weighted by Gasteiger charge is 2.13. The van der Waals surface area contributed by atoms with Gasteiger partial charge in [0.05, 0.1) is 18.0 Å². The highest BCUT2D eigenvalue weighted by atomic mass is 15.3. The first-order valence-electron chi connectivity index (χ1n) is 5.89. The van der Waals surface area contributed by atoms with Gasteiger partial charge in [-0.25, -0.2) is 14.5 Å². The summed E-state index contributed by atoms with van der Waals surface area (Å²) < 4.78 is 1.68. The van der Waals surface area contributed by atoms with Crippen molar-refractivity contribution >= 4 is 5.65 Å². The normalized spacial score (nSPS) is 11.0. The van der Waals surface area contributed by atoms with Crippen LogP contribution in [0.1, 0.15) is 0 Å². The van der Waals surface area contributed by atoms with Gasteiger partial charge in [-0.1, -0.05) is 0 Å². The summed E-state index contributed by atoms with van der Waals surface area (Å²) in [6, 6.07) is 1.81. The van der Waals surface area contributed by atoms with Gasteiger partial charge >= 0.3 is 0 Å². The molecule has 1 N–H and O–H groups in total. The molecule has 0 radical (unpaired) electrons. The third kappa shape index (κ3) is 1.62. The highest BCUT2D eigenvalue weighted by molar-refractivity contribution is 5.72. The summed E-state index contributed by atoms with van der Waals surface area (Å²) in [5.74, 6) is 1.16. The third-order valence-corrected chi connectivity index (χ3v) is 2.83. The number of hydrogen-bond acceptors (Lipinski definition) is 6. The van der Waals surface area contributed by atoms with E-state index in [0.29, 0.717) is 23.0 Å². The third-order valence-electron chi connectivity index (χ3n) is 2.83. The maximum atomic E-state index is 4.28. The molecule has 8 heteroatoms. The molecule has 0 unspecified atom stereocenters. The lowest BCUT2D eigenvalue weighted by Crippen LogP contribution is -1.88. The van der Waals surface area contributed by atoms with Gasteiger partial charge < -0.3 is 4.98 Å². The summed E-state index contributed by atoms with van der Waals surface area (Å²) in [6.07, 6.45) is 10.1. The number of hydrogen-bond donors (Lipinski definition) is 1. The zero-order valence-electron chi connectivity index (χ0n) is 10.2. The van der Waals surface area contributed by atoms with Crippen LogP contribution in [0, 0.1) is 0 Å². The van der Waals surface area contributed by atoms with E-state index in [-0.39, 0.29) is 0 Å². The Kier molecular flexibility index (Phi) is 2.25. The molecule has 0 atom stereocenters. The SMILES string of the molecule is c1cnc2c(-c3nnc(-c4cnccn4)[nH]3)cnn2c1. The summed E-state index contributed by atoms with van der Waals surface area (Å²) in [4.78, 5) is 15.6. The number of rotatable bonds is 2. The summed E-state index contributed by atoms with van der Waals surface area (Å²) in [5.41, 5.74) is 2.14. The van der Waals surface area contributed by atoms with E-state index < -0.39 is 0 Å². The van der Waals surface area contributed by atoms with Crippen molar-refractivity contribution in [2.75, 3.05) is 0 Å². The first-order chi connectivity index (χ1) is 9.92. The average molecular weight is 264 g/mol. The zero-order valence-corrected chi connectivity index (χ0v) is 10.2. The van der Waals surface area contributed by atoms with Crippen molar-refractivity contribution < 1.29 is 0 Å². The number of H-pyrrole nitrogens is 1. The van der Waals surface area contributed by atoms with E-state index in [1.807, 2.05) is 12.3 Å². The van der Waals surface area contributed by atoms with E-state index in [9.17, 15) is 0 Å². The molecule has 8 nitrogen and oxygen atoms in total. The fourth-order valence-corrected chi connectivity index (χ4v) is 1.91. The molecule has 4 aromatic heterocycles. The molecule has 4 aromatic rings. The quantitative estimate of drug-likeness (QED) is 0.579. The van der Waals surface area contributed by atoms with E-state index in [1.165, 1.54) is 0 Å². The van der Waals surface area contributed by atoms with Gasteiger partial charge in [-0.2, -0.15) is 5.10 Å². The summed E-state index contributed by atoms with van der Waals surface area (Å²) in [5, 5.41) is 12.4. The van der Waals surface area contributed by atoms with Gasteiger partial charge in [0.15, 0.2) is 17.3 Å². The molecule has 0 aliphatic carbocycles. The van der Waals surface area contributed by atoms with Crippen molar-refractivity contribution in [3.8, 4) is 22.9 Å². The molecule has 4 rings (SSSR count). The topological polar surface area (TPSA) is 97.5 Å². The van der Waals surface area contributed by atoms with Crippen LogP contribution in [-0.2, 0) is 0 Å². The fraction of sp³-hybridized carbons (Fsp3) is 0. The predicted octanol–water partition coefficient (Wildman–Crippen LogP) is 0.971. The van der Waals surface area contributed by atoms with Crippen molar-refractivity contribution in [1.29, 1.82) is 0 Å². The second kappa shape index (κ2) is 4.19. The Balaban J connectivity index is 1.82. The molecule has 96 valence electrons. The second-order valence-electron chi connectivity index (χ2n) is 4.06. The molecule has 0 saturated heterocycles.